The molecule has 1 aromatic carbocycles. The largest absolute Gasteiger partial charge is 0.464 e. The molecule has 0 aliphatic carbocycles. The summed E-state index contributed by atoms with van der Waals surface area (Å²) in [6.07, 6.45) is 1.68. The average molecular weight is 368 g/mol. The molecular weight excluding hydrogens is 348 g/mol. The molecule has 2 heterocycles. The van der Waals surface area contributed by atoms with Crippen molar-refractivity contribution in [2.75, 3.05) is 6.61 Å². The third-order valence-corrected chi connectivity index (χ3v) is 4.03. The van der Waals surface area contributed by atoms with E-state index >= 15 is 0 Å². The maximum Gasteiger partial charge on any atom is 0.328 e. The summed E-state index contributed by atoms with van der Waals surface area (Å²) in [5.41, 5.74) is 1.46. The number of aryl methyl sites for hydroxylation is 1. The van der Waals surface area contributed by atoms with Gasteiger partial charge in [-0.3, -0.25) is 14.7 Å². The van der Waals surface area contributed by atoms with Gasteiger partial charge >= 0.3 is 5.97 Å². The first-order chi connectivity index (χ1) is 13.0. The first kappa shape index (κ1) is 18.4. The van der Waals surface area contributed by atoms with Crippen LogP contribution in [0.3, 0.4) is 0 Å². The summed E-state index contributed by atoms with van der Waals surface area (Å²) in [7, 11) is 0. The number of hydrogen-bond donors (Lipinski definition) is 2. The number of rotatable bonds is 6. The predicted molar refractivity (Wildman–Crippen MR) is 98.6 cm³/mol. The highest BCUT2D eigenvalue weighted by Crippen LogP contribution is 2.09. The lowest BCUT2D eigenvalue weighted by molar-refractivity contribution is -0.145. The Morgan fingerprint density at radius 2 is 2.04 bits per heavy atom. The van der Waals surface area contributed by atoms with E-state index in [1.54, 1.807) is 13.8 Å². The maximum absolute atomic E-state index is 12.8. The summed E-state index contributed by atoms with van der Waals surface area (Å²) in [6.45, 7) is 3.59. The summed E-state index contributed by atoms with van der Waals surface area (Å²) in [5, 5.41) is 5.40. The number of ether oxygens (including phenoxy) is 1. The summed E-state index contributed by atoms with van der Waals surface area (Å²) in [6, 6.07) is 9.84. The van der Waals surface area contributed by atoms with Gasteiger partial charge in [0.05, 0.1) is 6.61 Å². The second kappa shape index (κ2) is 7.86. The predicted octanol–water partition coefficient (Wildman–Crippen LogP) is 1.24. The number of nitrogens with zero attached hydrogens (tertiary/aromatic N) is 2. The standard InChI is InChI=1S/C19H20N4O4/c1-3-27-19(26)15(10-13-7-5-4-6-8-13)22-18(25)14-11-20-23-16(24)9-12(2)21-17(14)23/h4-9,11,15,20H,3,10H2,1-2H3,(H,22,25)/t15-/m0/s1. The van der Waals surface area contributed by atoms with Crippen molar-refractivity contribution >= 4 is 17.5 Å². The summed E-state index contributed by atoms with van der Waals surface area (Å²) in [5.74, 6) is -1.03. The number of hydrogen-bond acceptors (Lipinski definition) is 5. The van der Waals surface area contributed by atoms with E-state index in [-0.39, 0.29) is 23.4 Å². The molecule has 3 rings (SSSR count). The van der Waals surface area contributed by atoms with Gasteiger partial charge in [-0.15, -0.1) is 0 Å². The Morgan fingerprint density at radius 3 is 2.74 bits per heavy atom. The number of amides is 1. The van der Waals surface area contributed by atoms with E-state index in [0.717, 1.165) is 5.56 Å². The first-order valence-corrected chi connectivity index (χ1v) is 8.58. The van der Waals surface area contributed by atoms with E-state index in [9.17, 15) is 14.4 Å². The molecule has 140 valence electrons. The fourth-order valence-electron chi connectivity index (χ4n) is 2.79. The van der Waals surface area contributed by atoms with Crippen LogP contribution in [0.15, 0.2) is 47.4 Å². The normalized spacial score (nSPS) is 11.9. The number of aromatic amines is 1. The molecule has 1 atom stereocenters. The van der Waals surface area contributed by atoms with Crippen molar-refractivity contribution in [3.05, 3.63) is 69.8 Å². The number of benzene rings is 1. The fourth-order valence-corrected chi connectivity index (χ4v) is 2.79. The van der Waals surface area contributed by atoms with E-state index in [1.165, 1.54) is 16.8 Å². The zero-order valence-corrected chi connectivity index (χ0v) is 15.1. The molecule has 8 nitrogen and oxygen atoms in total. The Hall–Kier alpha value is -3.42. The van der Waals surface area contributed by atoms with E-state index in [2.05, 4.69) is 15.4 Å². The van der Waals surface area contributed by atoms with Crippen LogP contribution in [-0.4, -0.2) is 39.1 Å². The summed E-state index contributed by atoms with van der Waals surface area (Å²) in [4.78, 5) is 41.3. The van der Waals surface area contributed by atoms with Crippen molar-refractivity contribution in [2.24, 2.45) is 0 Å². The second-order valence-corrected chi connectivity index (χ2v) is 6.05. The Kier molecular flexibility index (Phi) is 5.35. The number of carbonyl (C=O) groups excluding carboxylic acids is 2. The van der Waals surface area contributed by atoms with E-state index in [4.69, 9.17) is 4.74 Å². The van der Waals surface area contributed by atoms with Crippen molar-refractivity contribution < 1.29 is 14.3 Å². The minimum absolute atomic E-state index is 0.179. The quantitative estimate of drug-likeness (QED) is 0.637. The number of esters is 1. The van der Waals surface area contributed by atoms with E-state index in [0.29, 0.717) is 12.1 Å². The van der Waals surface area contributed by atoms with Crippen LogP contribution in [0, 0.1) is 6.92 Å². The van der Waals surface area contributed by atoms with Crippen LogP contribution in [-0.2, 0) is 16.0 Å². The molecule has 0 radical (unpaired) electrons. The van der Waals surface area contributed by atoms with Gasteiger partial charge in [0.2, 0.25) is 0 Å². The number of carbonyl (C=O) groups is 2. The molecule has 0 spiro atoms. The topological polar surface area (TPSA) is 106 Å². The molecular formula is C19H20N4O4. The van der Waals surface area contributed by atoms with Gasteiger partial charge in [0, 0.05) is 24.4 Å². The SMILES string of the molecule is CCOC(=O)[C@H](Cc1ccccc1)NC(=O)c1c[nH]n2c(=O)cc(C)nc12. The monoisotopic (exact) mass is 368 g/mol. The Bertz CT molecular complexity index is 1020. The molecule has 0 aliphatic rings. The van der Waals surface area contributed by atoms with Crippen LogP contribution in [0.4, 0.5) is 0 Å². The number of fused-ring (bicyclic) bond motifs is 1. The van der Waals surface area contributed by atoms with Crippen LogP contribution in [0.1, 0.15) is 28.5 Å². The van der Waals surface area contributed by atoms with Gasteiger partial charge in [-0.1, -0.05) is 30.3 Å². The van der Waals surface area contributed by atoms with Crippen LogP contribution in [0.5, 0.6) is 0 Å². The average Bonchev–Trinajstić information content (AvgIpc) is 3.06. The molecule has 0 unspecified atom stereocenters. The van der Waals surface area contributed by atoms with E-state index in [1.807, 2.05) is 30.3 Å². The van der Waals surface area contributed by atoms with Crippen molar-refractivity contribution in [1.29, 1.82) is 0 Å². The fraction of sp³-hybridized carbons (Fsp3) is 0.263. The Labute approximate surface area is 155 Å². The first-order valence-electron chi connectivity index (χ1n) is 8.58. The van der Waals surface area contributed by atoms with Crippen molar-refractivity contribution in [3.63, 3.8) is 0 Å². The zero-order valence-electron chi connectivity index (χ0n) is 15.1. The number of aromatic nitrogens is 3. The molecule has 27 heavy (non-hydrogen) atoms. The highest BCUT2D eigenvalue weighted by molar-refractivity contribution is 6.01. The third-order valence-electron chi connectivity index (χ3n) is 4.03. The van der Waals surface area contributed by atoms with Gasteiger partial charge in [0.1, 0.15) is 11.6 Å². The van der Waals surface area contributed by atoms with Gasteiger partial charge in [-0.25, -0.2) is 14.3 Å². The molecule has 0 saturated carbocycles. The van der Waals surface area contributed by atoms with Crippen LogP contribution in [0.25, 0.3) is 5.65 Å². The lowest BCUT2D eigenvalue weighted by Gasteiger charge is -2.17. The van der Waals surface area contributed by atoms with Crippen molar-refractivity contribution in [2.45, 2.75) is 26.3 Å². The van der Waals surface area contributed by atoms with Crippen LogP contribution in [0.2, 0.25) is 0 Å². The molecule has 0 fully saturated rings. The lowest BCUT2D eigenvalue weighted by Crippen LogP contribution is -2.43. The van der Waals surface area contributed by atoms with Gasteiger partial charge in [0.25, 0.3) is 11.5 Å². The highest BCUT2D eigenvalue weighted by atomic mass is 16.5. The lowest BCUT2D eigenvalue weighted by atomic mass is 10.1. The van der Waals surface area contributed by atoms with Crippen LogP contribution < -0.4 is 10.9 Å². The van der Waals surface area contributed by atoms with Gasteiger partial charge in [0.15, 0.2) is 5.65 Å². The molecule has 2 aromatic heterocycles. The summed E-state index contributed by atoms with van der Waals surface area (Å²) >= 11 is 0. The molecule has 3 aromatic rings. The van der Waals surface area contributed by atoms with Gasteiger partial charge < -0.3 is 10.1 Å². The molecule has 0 bridgehead atoms. The third kappa shape index (κ3) is 4.05. The second-order valence-electron chi connectivity index (χ2n) is 6.05. The van der Waals surface area contributed by atoms with Gasteiger partial charge in [-0.2, -0.15) is 0 Å². The minimum atomic E-state index is -0.855. The smallest absolute Gasteiger partial charge is 0.328 e. The molecule has 0 aliphatic heterocycles. The molecule has 0 saturated heterocycles. The van der Waals surface area contributed by atoms with Crippen molar-refractivity contribution in [3.8, 4) is 0 Å². The molecule has 1 amide bonds. The van der Waals surface area contributed by atoms with Crippen molar-refractivity contribution in [1.82, 2.24) is 19.9 Å². The highest BCUT2D eigenvalue weighted by Gasteiger charge is 2.25. The summed E-state index contributed by atoms with van der Waals surface area (Å²) < 4.78 is 6.27. The molecule has 8 heteroatoms. The zero-order chi connectivity index (χ0) is 19.4. The van der Waals surface area contributed by atoms with Gasteiger partial charge in [-0.05, 0) is 19.4 Å². The molecule has 2 N–H and O–H groups in total. The maximum atomic E-state index is 12.8. The minimum Gasteiger partial charge on any atom is -0.464 e. The number of H-pyrrole nitrogens is 1. The van der Waals surface area contributed by atoms with Crippen LogP contribution >= 0.6 is 0 Å². The van der Waals surface area contributed by atoms with E-state index < -0.39 is 17.9 Å². The Morgan fingerprint density at radius 1 is 1.30 bits per heavy atom. The Balaban J connectivity index is 1.88. The number of nitrogens with one attached hydrogen (secondary N) is 2.